The predicted molar refractivity (Wildman–Crippen MR) is 67.2 cm³/mol. The second-order valence-electron chi connectivity index (χ2n) is 4.61. The minimum atomic E-state index is 0.340. The van der Waals surface area contributed by atoms with E-state index in [4.69, 9.17) is 10.3 Å². The van der Waals surface area contributed by atoms with E-state index in [0.29, 0.717) is 11.9 Å². The molecule has 0 bridgehead atoms. The number of nitrogens with zero attached hydrogens (tertiary/aromatic N) is 3. The van der Waals surface area contributed by atoms with E-state index in [9.17, 15) is 0 Å². The first-order valence-electron chi connectivity index (χ1n) is 6.30. The Morgan fingerprint density at radius 2 is 2.11 bits per heavy atom. The van der Waals surface area contributed by atoms with Gasteiger partial charge in [-0.05, 0) is 24.8 Å². The zero-order chi connectivity index (χ0) is 12.4. The Kier molecular flexibility index (Phi) is 2.88. The summed E-state index contributed by atoms with van der Waals surface area (Å²) < 4.78 is 4.95. The molecule has 94 valence electrons. The molecule has 5 nitrogen and oxygen atoms in total. The van der Waals surface area contributed by atoms with Gasteiger partial charge >= 0.3 is 0 Å². The molecule has 0 radical (unpaired) electrons. The van der Waals surface area contributed by atoms with Crippen LogP contribution in [0.15, 0.2) is 41.1 Å². The van der Waals surface area contributed by atoms with Crippen LogP contribution in [0.4, 0.5) is 5.88 Å². The number of hydrogen-bond donors (Lipinski definition) is 1. The van der Waals surface area contributed by atoms with E-state index < -0.39 is 0 Å². The van der Waals surface area contributed by atoms with Gasteiger partial charge < -0.3 is 5.73 Å². The molecule has 1 aromatic carbocycles. The third-order valence-electron chi connectivity index (χ3n) is 3.39. The highest BCUT2D eigenvalue weighted by atomic mass is 16.5. The van der Waals surface area contributed by atoms with Crippen molar-refractivity contribution in [3.63, 3.8) is 0 Å². The summed E-state index contributed by atoms with van der Waals surface area (Å²) in [6.07, 6.45) is 5.26. The minimum Gasteiger partial charge on any atom is -0.362 e. The van der Waals surface area contributed by atoms with Crippen molar-refractivity contribution in [1.29, 1.82) is 0 Å². The summed E-state index contributed by atoms with van der Waals surface area (Å²) in [6, 6.07) is 10.8. The number of benzene rings is 1. The monoisotopic (exact) mass is 245 g/mol. The molecule has 1 atom stereocenters. The topological polar surface area (TPSA) is 59.2 Å². The number of nitrogen functional groups attached to an aromatic ring is 1. The molecular formula is C13H17N4O+. The Morgan fingerprint density at radius 3 is 2.83 bits per heavy atom. The highest BCUT2D eigenvalue weighted by molar-refractivity contribution is 5.22. The van der Waals surface area contributed by atoms with E-state index in [-0.39, 0.29) is 0 Å². The van der Waals surface area contributed by atoms with Crippen LogP contribution in [-0.4, -0.2) is 11.8 Å². The van der Waals surface area contributed by atoms with Crippen molar-refractivity contribution in [2.75, 3.05) is 17.3 Å². The predicted octanol–water partition coefficient (Wildman–Crippen LogP) is 1.41. The van der Waals surface area contributed by atoms with Crippen LogP contribution in [0.1, 0.15) is 30.9 Å². The van der Waals surface area contributed by atoms with Crippen LogP contribution >= 0.6 is 0 Å². The average Bonchev–Trinajstić information content (AvgIpc) is 2.86. The van der Waals surface area contributed by atoms with E-state index in [1.165, 1.54) is 18.4 Å². The van der Waals surface area contributed by atoms with Crippen LogP contribution in [-0.2, 0) is 0 Å². The lowest BCUT2D eigenvalue weighted by Gasteiger charge is -2.29. The maximum absolute atomic E-state index is 5.59. The maximum Gasteiger partial charge on any atom is 0.296 e. The van der Waals surface area contributed by atoms with Crippen LogP contribution in [0.25, 0.3) is 0 Å². The van der Waals surface area contributed by atoms with Crippen molar-refractivity contribution < 1.29 is 9.31 Å². The van der Waals surface area contributed by atoms with Gasteiger partial charge in [-0.15, -0.1) is 5.01 Å². The first kappa shape index (κ1) is 11.1. The smallest absolute Gasteiger partial charge is 0.296 e. The Balaban J connectivity index is 1.91. The standard InChI is InChI=1S/C13H17N4O/c14-13-10-17(15-18-13)16-9-5-4-8-12(16)11-6-2-1-3-7-11/h1-3,6-7,10,12H,4-5,8-9,14H2/q+1. The Morgan fingerprint density at radius 1 is 1.28 bits per heavy atom. The molecule has 5 heteroatoms. The molecule has 1 aromatic heterocycles. The normalized spacial score (nSPS) is 20.0. The summed E-state index contributed by atoms with van der Waals surface area (Å²) in [6.45, 7) is 0.968. The Hall–Kier alpha value is -2.04. The van der Waals surface area contributed by atoms with Gasteiger partial charge in [0.2, 0.25) is 5.27 Å². The molecule has 2 aromatic rings. The van der Waals surface area contributed by atoms with Crippen molar-refractivity contribution >= 4 is 5.88 Å². The van der Waals surface area contributed by atoms with Crippen molar-refractivity contribution in [3.05, 3.63) is 42.1 Å². The van der Waals surface area contributed by atoms with Gasteiger partial charge in [-0.2, -0.15) is 0 Å². The minimum absolute atomic E-state index is 0.340. The molecular weight excluding hydrogens is 228 g/mol. The summed E-state index contributed by atoms with van der Waals surface area (Å²) in [5.41, 5.74) is 6.90. The molecule has 1 fully saturated rings. The van der Waals surface area contributed by atoms with E-state index in [1.807, 2.05) is 6.07 Å². The molecule has 2 N–H and O–H groups in total. The van der Waals surface area contributed by atoms with Crippen LogP contribution < -0.4 is 15.5 Å². The van der Waals surface area contributed by atoms with Crippen molar-refractivity contribution in [2.24, 2.45) is 0 Å². The van der Waals surface area contributed by atoms with Gasteiger partial charge in [-0.25, -0.2) is 0 Å². The quantitative estimate of drug-likeness (QED) is 0.813. The second-order valence-corrected chi connectivity index (χ2v) is 4.61. The molecule has 3 rings (SSSR count). The number of aromatic nitrogens is 2. The van der Waals surface area contributed by atoms with Gasteiger partial charge in [0.1, 0.15) is 6.04 Å². The zero-order valence-electron chi connectivity index (χ0n) is 10.2. The fraction of sp³-hybridized carbons (Fsp3) is 0.385. The third kappa shape index (κ3) is 2.03. The third-order valence-corrected chi connectivity index (χ3v) is 3.39. The average molecular weight is 245 g/mol. The van der Waals surface area contributed by atoms with Crippen LogP contribution in [0, 0.1) is 0 Å². The molecule has 0 aliphatic carbocycles. The Labute approximate surface area is 106 Å². The molecule has 0 saturated carbocycles. The summed E-state index contributed by atoms with van der Waals surface area (Å²) in [4.78, 5) is 1.73. The van der Waals surface area contributed by atoms with Crippen molar-refractivity contribution in [3.8, 4) is 0 Å². The SMILES string of the molecule is Nc1c[n+](N2CCCCC2c2ccccc2)no1. The van der Waals surface area contributed by atoms with E-state index >= 15 is 0 Å². The van der Waals surface area contributed by atoms with E-state index in [0.717, 1.165) is 13.0 Å². The summed E-state index contributed by atoms with van der Waals surface area (Å²) >= 11 is 0. The van der Waals surface area contributed by atoms with E-state index in [2.05, 4.69) is 34.5 Å². The largest absolute Gasteiger partial charge is 0.362 e. The first-order chi connectivity index (χ1) is 8.84. The maximum atomic E-state index is 5.59. The van der Waals surface area contributed by atoms with Gasteiger partial charge in [0.25, 0.3) is 12.1 Å². The number of rotatable bonds is 2. The molecule has 1 aliphatic rings. The van der Waals surface area contributed by atoms with Crippen LogP contribution in [0.5, 0.6) is 0 Å². The summed E-state index contributed by atoms with van der Waals surface area (Å²) in [5, 5.41) is 6.16. The lowest BCUT2D eigenvalue weighted by molar-refractivity contribution is -0.763. The number of anilines is 1. The molecule has 0 spiro atoms. The molecule has 1 aliphatic heterocycles. The lowest BCUT2D eigenvalue weighted by atomic mass is 9.97. The number of piperidine rings is 1. The fourth-order valence-corrected chi connectivity index (χ4v) is 2.55. The summed E-state index contributed by atoms with van der Waals surface area (Å²) in [5.74, 6) is 0.340. The Bertz CT molecular complexity index is 511. The van der Waals surface area contributed by atoms with E-state index in [1.54, 1.807) is 11.0 Å². The molecule has 1 unspecified atom stereocenters. The molecule has 0 amide bonds. The van der Waals surface area contributed by atoms with Gasteiger partial charge in [0.05, 0.1) is 11.3 Å². The highest BCUT2D eigenvalue weighted by Crippen LogP contribution is 2.27. The van der Waals surface area contributed by atoms with Crippen LogP contribution in [0.3, 0.4) is 0 Å². The molecule has 1 saturated heterocycles. The van der Waals surface area contributed by atoms with Crippen LogP contribution in [0.2, 0.25) is 0 Å². The number of hydrogen-bond acceptors (Lipinski definition) is 4. The first-order valence-corrected chi connectivity index (χ1v) is 6.30. The lowest BCUT2D eigenvalue weighted by Crippen LogP contribution is -2.61. The molecule has 2 heterocycles. The van der Waals surface area contributed by atoms with Gasteiger partial charge in [0.15, 0.2) is 0 Å². The fourth-order valence-electron chi connectivity index (χ4n) is 2.55. The molecule has 18 heavy (non-hydrogen) atoms. The second kappa shape index (κ2) is 4.68. The number of nitrogens with two attached hydrogens (primary N) is 1. The zero-order valence-corrected chi connectivity index (χ0v) is 10.2. The highest BCUT2D eigenvalue weighted by Gasteiger charge is 2.32. The van der Waals surface area contributed by atoms with Gasteiger partial charge in [0, 0.05) is 0 Å². The van der Waals surface area contributed by atoms with Crippen molar-refractivity contribution in [2.45, 2.75) is 25.3 Å². The van der Waals surface area contributed by atoms with Gasteiger partial charge in [-0.3, -0.25) is 4.52 Å². The van der Waals surface area contributed by atoms with Crippen molar-refractivity contribution in [1.82, 2.24) is 5.27 Å². The summed E-state index contributed by atoms with van der Waals surface area (Å²) in [7, 11) is 0. The van der Waals surface area contributed by atoms with Gasteiger partial charge in [-0.1, -0.05) is 30.3 Å².